The van der Waals surface area contributed by atoms with Gasteiger partial charge in [0, 0.05) is 43.0 Å². The number of aromatic nitrogens is 3. The average Bonchev–Trinajstić information content (AvgIpc) is 2.94. The van der Waals surface area contributed by atoms with E-state index in [0.29, 0.717) is 53.9 Å². The van der Waals surface area contributed by atoms with Crippen molar-refractivity contribution in [1.29, 1.82) is 0 Å². The van der Waals surface area contributed by atoms with Crippen molar-refractivity contribution >= 4 is 40.5 Å². The quantitative estimate of drug-likeness (QED) is 0.413. The van der Waals surface area contributed by atoms with E-state index < -0.39 is 5.60 Å². The van der Waals surface area contributed by atoms with Gasteiger partial charge in [0.05, 0.1) is 28.9 Å². The number of hydrogen-bond donors (Lipinski definition) is 2. The van der Waals surface area contributed by atoms with Crippen LogP contribution in [0.4, 0.5) is 10.6 Å². The molecule has 0 bridgehead atoms. The molecule has 0 radical (unpaired) electrons. The first-order chi connectivity index (χ1) is 19.6. The fourth-order valence-electron chi connectivity index (χ4n) is 5.13. The second-order valence-corrected chi connectivity index (χ2v) is 11.7. The highest BCUT2D eigenvalue weighted by atomic mass is 35.5. The van der Waals surface area contributed by atoms with Gasteiger partial charge >= 0.3 is 6.09 Å². The lowest BCUT2D eigenvalue weighted by Gasteiger charge is -2.40. The third-order valence-electron chi connectivity index (χ3n) is 7.11. The molecule has 5 heterocycles. The van der Waals surface area contributed by atoms with E-state index in [4.69, 9.17) is 25.8 Å². The van der Waals surface area contributed by atoms with E-state index in [2.05, 4.69) is 25.6 Å². The van der Waals surface area contributed by atoms with Crippen LogP contribution in [0.25, 0.3) is 11.0 Å². The van der Waals surface area contributed by atoms with E-state index >= 15 is 0 Å². The molecule has 0 aliphatic carbocycles. The van der Waals surface area contributed by atoms with Gasteiger partial charge in [0.2, 0.25) is 5.88 Å². The van der Waals surface area contributed by atoms with Crippen LogP contribution in [-0.2, 0) is 22.5 Å². The monoisotopic (exact) mass is 582 g/mol. The number of methoxy groups -OCH3 is 1. The van der Waals surface area contributed by atoms with E-state index in [1.165, 1.54) is 0 Å². The number of carbonyl (C=O) groups is 2. The van der Waals surface area contributed by atoms with Gasteiger partial charge in [0.15, 0.2) is 18.2 Å². The molecule has 2 amide bonds. The fourth-order valence-corrected chi connectivity index (χ4v) is 5.36. The largest absolute Gasteiger partial charge is 0.481 e. The molecule has 2 atom stereocenters. The predicted molar refractivity (Wildman–Crippen MR) is 154 cm³/mol. The normalized spacial score (nSPS) is 18.9. The number of fused-ring (bicyclic) bond motifs is 2. The third kappa shape index (κ3) is 6.97. The molecule has 11 nitrogen and oxygen atoms in total. The summed E-state index contributed by atoms with van der Waals surface area (Å²) in [6, 6.07) is 7.31. The molecule has 3 aromatic heterocycles. The van der Waals surface area contributed by atoms with Gasteiger partial charge in [-0.3, -0.25) is 9.78 Å². The Morgan fingerprint density at radius 2 is 2.05 bits per heavy atom. The highest BCUT2D eigenvalue weighted by Crippen LogP contribution is 2.30. The minimum Gasteiger partial charge on any atom is -0.481 e. The molecule has 2 N–H and O–H groups in total. The summed E-state index contributed by atoms with van der Waals surface area (Å²) in [5.74, 6) is 1.25. The lowest BCUT2D eigenvalue weighted by atomic mass is 9.93. The van der Waals surface area contributed by atoms with Gasteiger partial charge in [-0.05, 0) is 64.7 Å². The Morgan fingerprint density at radius 3 is 2.83 bits per heavy atom. The van der Waals surface area contributed by atoms with E-state index in [9.17, 15) is 9.59 Å². The number of carbonyl (C=O) groups excluding carboxylic acids is 2. The van der Waals surface area contributed by atoms with Crippen molar-refractivity contribution < 1.29 is 23.8 Å². The second kappa shape index (κ2) is 12.0. The van der Waals surface area contributed by atoms with Crippen molar-refractivity contribution in [2.75, 3.05) is 25.6 Å². The number of amides is 2. The summed E-state index contributed by atoms with van der Waals surface area (Å²) in [5, 5.41) is 6.80. The Labute approximate surface area is 243 Å². The zero-order valence-corrected chi connectivity index (χ0v) is 24.5. The minimum absolute atomic E-state index is 0.00961. The Kier molecular flexibility index (Phi) is 8.46. The molecule has 0 saturated carbocycles. The molecule has 218 valence electrons. The Hall–Kier alpha value is -3.70. The smallest absolute Gasteiger partial charge is 0.410 e. The van der Waals surface area contributed by atoms with Gasteiger partial charge in [0.25, 0.3) is 5.91 Å². The first kappa shape index (κ1) is 28.8. The number of anilines is 1. The van der Waals surface area contributed by atoms with Crippen LogP contribution < -0.4 is 20.1 Å². The summed E-state index contributed by atoms with van der Waals surface area (Å²) < 4.78 is 16.5. The van der Waals surface area contributed by atoms with Crippen molar-refractivity contribution in [3.63, 3.8) is 0 Å². The van der Waals surface area contributed by atoms with Crippen molar-refractivity contribution in [2.45, 2.75) is 70.7 Å². The van der Waals surface area contributed by atoms with Crippen molar-refractivity contribution in [1.82, 2.24) is 25.2 Å². The first-order valence-corrected chi connectivity index (χ1v) is 14.1. The van der Waals surface area contributed by atoms with Crippen LogP contribution in [0.3, 0.4) is 0 Å². The zero-order valence-electron chi connectivity index (χ0n) is 23.7. The van der Waals surface area contributed by atoms with Gasteiger partial charge in [-0.25, -0.2) is 14.8 Å². The SMILES string of the molecule is COc1ccc2ncc(Cl)c(CC[C@@H]3CC[C@@H](NCc4ccc5c(n4)NC(=O)CO5)CN3C(=O)OC(C)(C)C)c2n1. The van der Waals surface area contributed by atoms with Crippen LogP contribution in [0.5, 0.6) is 11.6 Å². The number of pyridine rings is 3. The standard InChI is InChI=1S/C29H35ClN6O5/c1-29(2,3)41-28(38)36-15-18(31-13-17-6-11-23-27(33-17)34-24(37)16-40-23)5-7-19(36)8-9-20-21(30)14-32-22-10-12-25(39-4)35-26(20)22/h6,10-12,14,18-19,31H,5,7-9,13,15-16H2,1-4H3,(H,33,34,37)/t18-,19+/m1/s1. The summed E-state index contributed by atoms with van der Waals surface area (Å²) in [7, 11) is 1.57. The average molecular weight is 583 g/mol. The topological polar surface area (TPSA) is 128 Å². The molecule has 0 spiro atoms. The van der Waals surface area contributed by atoms with Crippen LogP contribution in [0.1, 0.15) is 51.3 Å². The maximum atomic E-state index is 13.4. The highest BCUT2D eigenvalue weighted by Gasteiger charge is 2.34. The number of aryl methyl sites for hydroxylation is 1. The van der Waals surface area contributed by atoms with Crippen molar-refractivity contribution in [3.05, 3.63) is 46.7 Å². The molecule has 2 aliphatic rings. The number of nitrogens with one attached hydrogen (secondary N) is 2. The van der Waals surface area contributed by atoms with E-state index in [1.54, 1.807) is 25.4 Å². The minimum atomic E-state index is -0.618. The Morgan fingerprint density at radius 1 is 1.22 bits per heavy atom. The number of ether oxygens (including phenoxy) is 3. The summed E-state index contributed by atoms with van der Waals surface area (Å²) >= 11 is 6.58. The van der Waals surface area contributed by atoms with Gasteiger partial charge in [-0.2, -0.15) is 0 Å². The molecule has 5 rings (SSSR count). The van der Waals surface area contributed by atoms with E-state index in [-0.39, 0.29) is 30.7 Å². The van der Waals surface area contributed by atoms with Gasteiger partial charge in [-0.15, -0.1) is 0 Å². The molecule has 1 saturated heterocycles. The molecule has 3 aromatic rings. The third-order valence-corrected chi connectivity index (χ3v) is 7.44. The fraction of sp³-hybridized carbons (Fsp3) is 0.483. The Bertz CT molecular complexity index is 1450. The number of nitrogens with zero attached hydrogens (tertiary/aromatic N) is 4. The Balaban J connectivity index is 1.28. The van der Waals surface area contributed by atoms with E-state index in [1.807, 2.05) is 37.8 Å². The molecule has 12 heteroatoms. The van der Waals surface area contributed by atoms with Crippen molar-refractivity contribution in [3.8, 4) is 11.6 Å². The summed E-state index contributed by atoms with van der Waals surface area (Å²) in [6.45, 7) is 6.56. The van der Waals surface area contributed by atoms with Crippen LogP contribution in [-0.4, -0.2) is 69.8 Å². The van der Waals surface area contributed by atoms with Gasteiger partial charge in [-0.1, -0.05) is 11.6 Å². The van der Waals surface area contributed by atoms with E-state index in [0.717, 1.165) is 29.6 Å². The maximum absolute atomic E-state index is 13.4. The number of piperidine rings is 1. The van der Waals surface area contributed by atoms with Gasteiger partial charge in [0.1, 0.15) is 5.60 Å². The number of halogens is 1. The van der Waals surface area contributed by atoms with Crippen LogP contribution in [0.2, 0.25) is 5.02 Å². The molecule has 1 fully saturated rings. The predicted octanol–water partition coefficient (Wildman–Crippen LogP) is 4.51. The van der Waals surface area contributed by atoms with Crippen LogP contribution in [0, 0.1) is 0 Å². The first-order valence-electron chi connectivity index (χ1n) is 13.7. The highest BCUT2D eigenvalue weighted by molar-refractivity contribution is 6.32. The number of rotatable bonds is 7. The molecular formula is C29H35ClN6O5. The second-order valence-electron chi connectivity index (χ2n) is 11.3. The lowest BCUT2D eigenvalue weighted by molar-refractivity contribution is -0.118. The molecular weight excluding hydrogens is 548 g/mol. The molecule has 0 unspecified atom stereocenters. The number of hydrogen-bond acceptors (Lipinski definition) is 9. The summed E-state index contributed by atoms with van der Waals surface area (Å²) in [6.07, 6.45) is 4.27. The number of likely N-dealkylation sites (tertiary alicyclic amines) is 1. The summed E-state index contributed by atoms with van der Waals surface area (Å²) in [4.78, 5) is 40.4. The van der Waals surface area contributed by atoms with Crippen molar-refractivity contribution in [2.24, 2.45) is 0 Å². The molecule has 0 aromatic carbocycles. The lowest BCUT2D eigenvalue weighted by Crippen LogP contribution is -2.54. The molecule has 2 aliphatic heterocycles. The van der Waals surface area contributed by atoms with Crippen LogP contribution in [0.15, 0.2) is 30.5 Å². The summed E-state index contributed by atoms with van der Waals surface area (Å²) in [5.41, 5.74) is 2.48. The van der Waals surface area contributed by atoms with Crippen LogP contribution >= 0.6 is 11.6 Å². The molecule has 41 heavy (non-hydrogen) atoms. The van der Waals surface area contributed by atoms with Gasteiger partial charge < -0.3 is 29.7 Å². The maximum Gasteiger partial charge on any atom is 0.410 e. The zero-order chi connectivity index (χ0) is 29.1.